The second-order valence-corrected chi connectivity index (χ2v) is 7.63. The van der Waals surface area contributed by atoms with Gasteiger partial charge in [-0.25, -0.2) is 4.98 Å². The van der Waals surface area contributed by atoms with Crippen LogP contribution in [0.1, 0.15) is 56.6 Å². The Morgan fingerprint density at radius 3 is 2.84 bits per heavy atom. The molecule has 0 spiro atoms. The van der Waals surface area contributed by atoms with E-state index in [2.05, 4.69) is 30.2 Å². The fourth-order valence-corrected chi connectivity index (χ4v) is 3.70. The smallest absolute Gasteiger partial charge is 0.261 e. The average Bonchev–Trinajstić information content (AvgIpc) is 2.58. The zero-order valence-electron chi connectivity index (χ0n) is 15.5. The number of fused-ring (bicyclic) bond motifs is 1. The lowest BCUT2D eigenvalue weighted by Crippen LogP contribution is -2.38. The van der Waals surface area contributed by atoms with Crippen molar-refractivity contribution < 1.29 is 5.11 Å². The lowest BCUT2D eigenvalue weighted by Gasteiger charge is -2.25. The molecule has 2 aromatic rings. The normalized spacial score (nSPS) is 19.5. The van der Waals surface area contributed by atoms with Gasteiger partial charge in [0.1, 0.15) is 0 Å². The molecule has 0 saturated carbocycles. The first kappa shape index (κ1) is 18.1. The highest BCUT2D eigenvalue weighted by molar-refractivity contribution is 5.81. The third-order valence-corrected chi connectivity index (χ3v) is 5.18. The van der Waals surface area contributed by atoms with E-state index >= 15 is 0 Å². The molecule has 1 aromatic heterocycles. The average molecular weight is 343 g/mol. The van der Waals surface area contributed by atoms with Gasteiger partial charge in [-0.2, -0.15) is 0 Å². The summed E-state index contributed by atoms with van der Waals surface area (Å²) in [6.07, 6.45) is 5.22. The highest BCUT2D eigenvalue weighted by Crippen LogP contribution is 2.21. The number of nitrogens with zero attached hydrogens (tertiary/aromatic N) is 2. The molecule has 136 valence electrons. The minimum absolute atomic E-state index is 0.0637. The van der Waals surface area contributed by atoms with E-state index < -0.39 is 6.10 Å². The van der Waals surface area contributed by atoms with Gasteiger partial charge in [0.2, 0.25) is 0 Å². The quantitative estimate of drug-likeness (QED) is 0.876. The minimum Gasteiger partial charge on any atom is -0.391 e. The summed E-state index contributed by atoms with van der Waals surface area (Å²) in [5, 5.41) is 14.5. The van der Waals surface area contributed by atoms with Crippen LogP contribution in [0.15, 0.2) is 23.3 Å². The summed E-state index contributed by atoms with van der Waals surface area (Å²) >= 11 is 0. The number of aliphatic hydroxyl groups is 1. The second-order valence-electron chi connectivity index (χ2n) is 7.63. The van der Waals surface area contributed by atoms with Crippen molar-refractivity contribution in [2.24, 2.45) is 0 Å². The van der Waals surface area contributed by atoms with E-state index in [-0.39, 0.29) is 5.56 Å². The van der Waals surface area contributed by atoms with E-state index in [1.165, 1.54) is 12.8 Å². The van der Waals surface area contributed by atoms with E-state index in [9.17, 15) is 9.90 Å². The van der Waals surface area contributed by atoms with Crippen LogP contribution in [0, 0.1) is 6.92 Å². The Bertz CT molecular complexity index is 791. The van der Waals surface area contributed by atoms with Crippen LogP contribution in [0.5, 0.6) is 0 Å². The van der Waals surface area contributed by atoms with Gasteiger partial charge in [0.15, 0.2) is 0 Å². The van der Waals surface area contributed by atoms with Crippen LogP contribution in [-0.4, -0.2) is 33.3 Å². The van der Waals surface area contributed by atoms with Crippen LogP contribution in [-0.2, 0) is 6.54 Å². The molecule has 2 atom stereocenters. The number of rotatable bonds is 5. The minimum atomic E-state index is -0.540. The van der Waals surface area contributed by atoms with Gasteiger partial charge in [-0.15, -0.1) is 0 Å². The molecule has 5 nitrogen and oxygen atoms in total. The zero-order valence-corrected chi connectivity index (χ0v) is 15.5. The van der Waals surface area contributed by atoms with Gasteiger partial charge in [0, 0.05) is 6.04 Å². The number of benzene rings is 1. The molecule has 25 heavy (non-hydrogen) atoms. The van der Waals surface area contributed by atoms with Gasteiger partial charge in [-0.3, -0.25) is 9.36 Å². The van der Waals surface area contributed by atoms with Crippen molar-refractivity contribution >= 4 is 10.9 Å². The van der Waals surface area contributed by atoms with Crippen LogP contribution in [0.4, 0.5) is 0 Å². The Balaban J connectivity index is 1.84. The number of hydrogen-bond acceptors (Lipinski definition) is 4. The molecule has 1 aliphatic heterocycles. The lowest BCUT2D eigenvalue weighted by molar-refractivity contribution is 0.123. The number of aliphatic hydroxyl groups excluding tert-OH is 1. The number of aryl methyl sites for hydroxylation is 1. The van der Waals surface area contributed by atoms with E-state index in [1.807, 2.05) is 13.0 Å². The Morgan fingerprint density at radius 2 is 2.16 bits per heavy atom. The summed E-state index contributed by atoms with van der Waals surface area (Å²) in [7, 11) is 0. The molecule has 5 heteroatoms. The van der Waals surface area contributed by atoms with Gasteiger partial charge < -0.3 is 10.4 Å². The monoisotopic (exact) mass is 343 g/mol. The van der Waals surface area contributed by atoms with Crippen LogP contribution in [0.2, 0.25) is 0 Å². The van der Waals surface area contributed by atoms with E-state index in [4.69, 9.17) is 0 Å². The van der Waals surface area contributed by atoms with Gasteiger partial charge in [-0.05, 0) is 55.8 Å². The Kier molecular flexibility index (Phi) is 5.54. The second kappa shape index (κ2) is 7.67. The maximum atomic E-state index is 12.9. The maximum Gasteiger partial charge on any atom is 0.261 e. The van der Waals surface area contributed by atoms with Crippen LogP contribution >= 0.6 is 0 Å². The first-order valence-electron chi connectivity index (χ1n) is 9.37. The number of piperidine rings is 1. The molecular formula is C20H29N3O2. The summed E-state index contributed by atoms with van der Waals surface area (Å²) in [6, 6.07) is 4.41. The number of hydrogen-bond donors (Lipinski definition) is 2. The Labute approximate surface area is 149 Å². The van der Waals surface area contributed by atoms with Crippen molar-refractivity contribution in [1.29, 1.82) is 0 Å². The molecule has 2 heterocycles. The van der Waals surface area contributed by atoms with Gasteiger partial charge >= 0.3 is 0 Å². The van der Waals surface area contributed by atoms with Crippen molar-refractivity contribution in [2.45, 2.75) is 71.1 Å². The first-order chi connectivity index (χ1) is 12.0. The fraction of sp³-hybridized carbons (Fsp3) is 0.600. The molecular weight excluding hydrogens is 314 g/mol. The van der Waals surface area contributed by atoms with Gasteiger partial charge in [0.25, 0.3) is 5.56 Å². The summed E-state index contributed by atoms with van der Waals surface area (Å²) in [5.74, 6) is 0.360. The summed E-state index contributed by atoms with van der Waals surface area (Å²) in [6.45, 7) is 7.55. The predicted octanol–water partition coefficient (Wildman–Crippen LogP) is 2.72. The van der Waals surface area contributed by atoms with Crippen LogP contribution < -0.4 is 10.9 Å². The molecule has 0 amide bonds. The predicted molar refractivity (Wildman–Crippen MR) is 101 cm³/mol. The molecule has 0 radical (unpaired) electrons. The van der Waals surface area contributed by atoms with Gasteiger partial charge in [0.05, 0.1) is 29.9 Å². The fourth-order valence-electron chi connectivity index (χ4n) is 3.70. The molecule has 1 saturated heterocycles. The number of nitrogens with one attached hydrogen (secondary N) is 1. The van der Waals surface area contributed by atoms with E-state index in [0.717, 1.165) is 29.6 Å². The highest BCUT2D eigenvalue weighted by atomic mass is 16.3. The van der Waals surface area contributed by atoms with Crippen LogP contribution in [0.25, 0.3) is 10.9 Å². The molecule has 3 rings (SSSR count). The summed E-state index contributed by atoms with van der Waals surface area (Å²) < 4.78 is 1.55. The molecule has 1 fully saturated rings. The zero-order chi connectivity index (χ0) is 18.0. The van der Waals surface area contributed by atoms with Crippen molar-refractivity contribution in [1.82, 2.24) is 14.9 Å². The van der Waals surface area contributed by atoms with Crippen molar-refractivity contribution in [3.8, 4) is 0 Å². The molecule has 2 N–H and O–H groups in total. The van der Waals surface area contributed by atoms with Crippen molar-refractivity contribution in [3.05, 3.63) is 39.9 Å². The van der Waals surface area contributed by atoms with Crippen LogP contribution in [0.3, 0.4) is 0 Å². The molecule has 1 aromatic carbocycles. The number of aromatic nitrogens is 2. The molecule has 0 aliphatic carbocycles. The standard InChI is InChI=1S/C20H29N3O2/c1-13(2)15-8-14(3)19-18(9-15)20(25)23(12-22-19)11-17(24)10-16-6-4-5-7-21-16/h8-9,12-13,16-17,21,24H,4-7,10-11H2,1-3H3/t16-,17?/m0/s1. The first-order valence-corrected chi connectivity index (χ1v) is 9.37. The largest absolute Gasteiger partial charge is 0.391 e. The molecule has 0 bridgehead atoms. The third kappa shape index (κ3) is 4.10. The SMILES string of the molecule is Cc1cc(C(C)C)cc2c(=O)n(CC(O)C[C@@H]3CCCCN3)cnc12. The Morgan fingerprint density at radius 1 is 1.36 bits per heavy atom. The summed E-state index contributed by atoms with van der Waals surface area (Å²) in [5.41, 5.74) is 2.87. The topological polar surface area (TPSA) is 67.2 Å². The highest BCUT2D eigenvalue weighted by Gasteiger charge is 2.18. The van der Waals surface area contributed by atoms with Gasteiger partial charge in [-0.1, -0.05) is 26.3 Å². The third-order valence-electron chi connectivity index (χ3n) is 5.18. The lowest BCUT2D eigenvalue weighted by atomic mass is 9.98. The van der Waals surface area contributed by atoms with Crippen molar-refractivity contribution in [3.63, 3.8) is 0 Å². The molecule has 1 unspecified atom stereocenters. The molecule has 1 aliphatic rings. The van der Waals surface area contributed by atoms with E-state index in [0.29, 0.717) is 30.3 Å². The summed E-state index contributed by atoms with van der Waals surface area (Å²) in [4.78, 5) is 17.4. The maximum absolute atomic E-state index is 12.9. The van der Waals surface area contributed by atoms with Crippen molar-refractivity contribution in [2.75, 3.05) is 6.54 Å². The Hall–Kier alpha value is -1.72. The van der Waals surface area contributed by atoms with E-state index in [1.54, 1.807) is 10.9 Å².